The predicted molar refractivity (Wildman–Crippen MR) is 64.9 cm³/mol. The summed E-state index contributed by atoms with van der Waals surface area (Å²) in [6, 6.07) is 2.10. The first kappa shape index (κ1) is 10.6. The van der Waals surface area contributed by atoms with Gasteiger partial charge in [0.05, 0.1) is 6.20 Å². The van der Waals surface area contributed by atoms with Gasteiger partial charge in [-0.05, 0) is 22.0 Å². The van der Waals surface area contributed by atoms with Gasteiger partial charge in [-0.15, -0.1) is 0 Å². The van der Waals surface area contributed by atoms with E-state index >= 15 is 0 Å². The van der Waals surface area contributed by atoms with Crippen LogP contribution in [0.25, 0.3) is 11.2 Å². The third-order valence-corrected chi connectivity index (χ3v) is 2.85. The van der Waals surface area contributed by atoms with E-state index < -0.39 is 0 Å². The molecule has 0 spiro atoms. The normalized spacial score (nSPS) is 12.3. The second kappa shape index (κ2) is 3.30. The van der Waals surface area contributed by atoms with E-state index in [1.165, 1.54) is 5.69 Å². The van der Waals surface area contributed by atoms with Gasteiger partial charge in [0.2, 0.25) is 0 Å². The van der Waals surface area contributed by atoms with Crippen molar-refractivity contribution in [3.05, 3.63) is 22.6 Å². The molecule has 80 valence electrons. The Bertz CT molecular complexity index is 508. The van der Waals surface area contributed by atoms with E-state index in [0.717, 1.165) is 15.8 Å². The lowest BCUT2D eigenvalue weighted by Crippen LogP contribution is -2.15. The number of nitrogens with zero attached hydrogens (tertiary/aromatic N) is 3. The molecule has 0 bridgehead atoms. The fourth-order valence-corrected chi connectivity index (χ4v) is 2.08. The lowest BCUT2D eigenvalue weighted by molar-refractivity contribution is 0.546. The van der Waals surface area contributed by atoms with Crippen LogP contribution in [-0.4, -0.2) is 14.5 Å². The van der Waals surface area contributed by atoms with Gasteiger partial charge < -0.3 is 4.57 Å². The van der Waals surface area contributed by atoms with Crippen molar-refractivity contribution in [3.63, 3.8) is 0 Å². The molecule has 0 radical (unpaired) electrons. The van der Waals surface area contributed by atoms with Crippen LogP contribution in [0.1, 0.15) is 26.5 Å². The van der Waals surface area contributed by atoms with E-state index in [2.05, 4.69) is 57.3 Å². The van der Waals surface area contributed by atoms with E-state index in [0.29, 0.717) is 0 Å². The summed E-state index contributed by atoms with van der Waals surface area (Å²) >= 11 is 3.33. The lowest BCUT2D eigenvalue weighted by atomic mass is 9.92. The van der Waals surface area contributed by atoms with Gasteiger partial charge >= 0.3 is 0 Å². The third kappa shape index (κ3) is 1.78. The van der Waals surface area contributed by atoms with Crippen LogP contribution in [-0.2, 0) is 12.5 Å². The van der Waals surface area contributed by atoms with Gasteiger partial charge in [-0.2, -0.15) is 0 Å². The van der Waals surface area contributed by atoms with Crippen LogP contribution in [0.3, 0.4) is 0 Å². The highest BCUT2D eigenvalue weighted by Gasteiger charge is 2.20. The van der Waals surface area contributed by atoms with Crippen LogP contribution in [0.2, 0.25) is 0 Å². The minimum Gasteiger partial charge on any atom is -0.331 e. The second-order valence-electron chi connectivity index (χ2n) is 4.74. The Hall–Kier alpha value is -0.900. The first-order valence-electron chi connectivity index (χ1n) is 4.88. The average molecular weight is 268 g/mol. The molecule has 0 saturated heterocycles. The Morgan fingerprint density at radius 2 is 2.00 bits per heavy atom. The molecule has 0 unspecified atom stereocenters. The average Bonchev–Trinajstić information content (AvgIpc) is 2.42. The minimum absolute atomic E-state index is 0.115. The number of aryl methyl sites for hydroxylation is 1. The molecule has 0 N–H and O–H groups in total. The molecule has 3 nitrogen and oxygen atoms in total. The monoisotopic (exact) mass is 267 g/mol. The smallest absolute Gasteiger partial charge is 0.158 e. The van der Waals surface area contributed by atoms with Gasteiger partial charge in [-0.3, -0.25) is 0 Å². The Morgan fingerprint density at radius 1 is 1.33 bits per heavy atom. The molecule has 0 aliphatic carbocycles. The van der Waals surface area contributed by atoms with Crippen LogP contribution in [0.5, 0.6) is 0 Å². The Morgan fingerprint density at radius 3 is 2.60 bits per heavy atom. The molecular formula is C11H14BrN3. The molecular weight excluding hydrogens is 254 g/mol. The van der Waals surface area contributed by atoms with Crippen LogP contribution in [0.4, 0.5) is 0 Å². The van der Waals surface area contributed by atoms with Crippen molar-refractivity contribution in [1.29, 1.82) is 0 Å². The molecule has 2 heterocycles. The summed E-state index contributed by atoms with van der Waals surface area (Å²) in [5.41, 5.74) is 3.24. The van der Waals surface area contributed by atoms with Crippen molar-refractivity contribution in [2.75, 3.05) is 0 Å². The third-order valence-electron chi connectivity index (χ3n) is 2.47. The van der Waals surface area contributed by atoms with E-state index in [9.17, 15) is 0 Å². The summed E-state index contributed by atoms with van der Waals surface area (Å²) in [5.74, 6) is 0. The predicted octanol–water partition coefficient (Wildman–Crippen LogP) is 3.03. The molecule has 2 rings (SSSR count). The topological polar surface area (TPSA) is 30.7 Å². The zero-order chi connectivity index (χ0) is 11.2. The molecule has 0 saturated carbocycles. The van der Waals surface area contributed by atoms with E-state index in [-0.39, 0.29) is 5.41 Å². The number of hydrogen-bond acceptors (Lipinski definition) is 2. The van der Waals surface area contributed by atoms with E-state index in [4.69, 9.17) is 0 Å². The molecule has 15 heavy (non-hydrogen) atoms. The number of fused-ring (bicyclic) bond motifs is 1. The van der Waals surface area contributed by atoms with Crippen LogP contribution in [0.15, 0.2) is 16.9 Å². The Balaban J connectivity index is 2.75. The lowest BCUT2D eigenvalue weighted by Gasteiger charge is -2.19. The van der Waals surface area contributed by atoms with Gasteiger partial charge in [0.1, 0.15) is 10.1 Å². The summed E-state index contributed by atoms with van der Waals surface area (Å²) in [6.45, 7) is 6.57. The van der Waals surface area contributed by atoms with Crippen molar-refractivity contribution < 1.29 is 0 Å². The molecule has 4 heteroatoms. The summed E-state index contributed by atoms with van der Waals surface area (Å²) in [5, 5.41) is 0. The number of rotatable bonds is 0. The Labute approximate surface area is 97.7 Å². The van der Waals surface area contributed by atoms with Gasteiger partial charge in [-0.1, -0.05) is 20.8 Å². The molecule has 2 aromatic heterocycles. The highest BCUT2D eigenvalue weighted by atomic mass is 79.9. The maximum absolute atomic E-state index is 4.40. The highest BCUT2D eigenvalue weighted by Crippen LogP contribution is 2.27. The molecule has 0 fully saturated rings. The van der Waals surface area contributed by atoms with E-state index in [1.807, 2.05) is 7.05 Å². The van der Waals surface area contributed by atoms with Gasteiger partial charge in [0.25, 0.3) is 0 Å². The summed E-state index contributed by atoms with van der Waals surface area (Å²) in [6.07, 6.45) is 1.73. The van der Waals surface area contributed by atoms with Gasteiger partial charge in [0.15, 0.2) is 5.65 Å². The van der Waals surface area contributed by atoms with Crippen molar-refractivity contribution >= 4 is 27.1 Å². The molecule has 2 aromatic rings. The summed E-state index contributed by atoms with van der Waals surface area (Å²) in [7, 11) is 2.03. The van der Waals surface area contributed by atoms with Crippen LogP contribution in [0, 0.1) is 0 Å². The zero-order valence-corrected chi connectivity index (χ0v) is 11.0. The molecule has 0 aliphatic rings. The fraction of sp³-hybridized carbons (Fsp3) is 0.455. The standard InChI is InChI=1S/C11H14BrN3/c1-11(2,3)8-5-7-10(15(8)4)13-6-9(12)14-7/h5-6H,1-4H3. The molecule has 0 aromatic carbocycles. The molecule has 0 amide bonds. The van der Waals surface area contributed by atoms with Crippen molar-refractivity contribution in [2.24, 2.45) is 7.05 Å². The van der Waals surface area contributed by atoms with E-state index in [1.54, 1.807) is 6.20 Å². The van der Waals surface area contributed by atoms with Gasteiger partial charge in [-0.25, -0.2) is 9.97 Å². The van der Waals surface area contributed by atoms with Gasteiger partial charge in [0, 0.05) is 18.2 Å². The summed E-state index contributed by atoms with van der Waals surface area (Å²) < 4.78 is 2.88. The first-order chi connectivity index (χ1) is 6.89. The maximum atomic E-state index is 4.40. The van der Waals surface area contributed by atoms with Crippen LogP contribution < -0.4 is 0 Å². The van der Waals surface area contributed by atoms with Crippen molar-refractivity contribution in [1.82, 2.24) is 14.5 Å². The molecule has 0 atom stereocenters. The fourth-order valence-electron chi connectivity index (χ4n) is 1.79. The summed E-state index contributed by atoms with van der Waals surface area (Å²) in [4.78, 5) is 8.77. The van der Waals surface area contributed by atoms with Crippen molar-refractivity contribution in [3.8, 4) is 0 Å². The zero-order valence-electron chi connectivity index (χ0n) is 9.37. The number of hydrogen-bond donors (Lipinski definition) is 0. The second-order valence-corrected chi connectivity index (χ2v) is 5.55. The quantitative estimate of drug-likeness (QED) is 0.735. The van der Waals surface area contributed by atoms with Crippen LogP contribution >= 0.6 is 15.9 Å². The van der Waals surface area contributed by atoms with Crippen molar-refractivity contribution in [2.45, 2.75) is 26.2 Å². The largest absolute Gasteiger partial charge is 0.331 e. The number of aromatic nitrogens is 3. The minimum atomic E-state index is 0.115. The Kier molecular flexibility index (Phi) is 2.34. The highest BCUT2D eigenvalue weighted by molar-refractivity contribution is 9.10. The SMILES string of the molecule is Cn1c(C(C)(C)C)cc2nc(Br)cnc21. The first-order valence-corrected chi connectivity index (χ1v) is 5.67. The maximum Gasteiger partial charge on any atom is 0.158 e. The molecule has 0 aliphatic heterocycles. The number of halogens is 1.